The maximum Gasteiger partial charge on any atom is 0.308 e. The van der Waals surface area contributed by atoms with Crippen LogP contribution in [0.25, 0.3) is 5.76 Å². The van der Waals surface area contributed by atoms with Crippen LogP contribution in [0.5, 0.6) is 11.5 Å². The number of methoxy groups -OCH3 is 1. The number of amides is 1. The van der Waals surface area contributed by atoms with Crippen LogP contribution < -0.4 is 14.4 Å². The van der Waals surface area contributed by atoms with Gasteiger partial charge in [0, 0.05) is 18.2 Å². The molecule has 0 radical (unpaired) electrons. The van der Waals surface area contributed by atoms with Crippen LogP contribution >= 0.6 is 15.9 Å². The van der Waals surface area contributed by atoms with E-state index >= 15 is 0 Å². The molecule has 8 heteroatoms. The number of aliphatic hydroxyl groups is 1. The average molecular weight is 550 g/mol. The van der Waals surface area contributed by atoms with E-state index in [0.29, 0.717) is 27.0 Å². The van der Waals surface area contributed by atoms with Crippen molar-refractivity contribution in [3.8, 4) is 11.5 Å². The van der Waals surface area contributed by atoms with Gasteiger partial charge in [-0.2, -0.15) is 0 Å². The van der Waals surface area contributed by atoms with Crippen LogP contribution in [0.4, 0.5) is 5.69 Å². The first kappa shape index (κ1) is 25.2. The molecular weight excluding hydrogens is 526 g/mol. The molecular formula is C28H24BrNO6. The third kappa shape index (κ3) is 4.77. The second-order valence-electron chi connectivity index (χ2n) is 8.20. The highest BCUT2D eigenvalue weighted by atomic mass is 79.9. The van der Waals surface area contributed by atoms with Gasteiger partial charge in [0.15, 0.2) is 0 Å². The number of nitrogens with zero attached hydrogens (tertiary/aromatic N) is 1. The van der Waals surface area contributed by atoms with Crippen molar-refractivity contribution in [1.82, 2.24) is 0 Å². The number of hydrogen-bond donors (Lipinski definition) is 1. The summed E-state index contributed by atoms with van der Waals surface area (Å²) in [5, 5.41) is 11.3. The van der Waals surface area contributed by atoms with Crippen molar-refractivity contribution in [2.45, 2.75) is 26.3 Å². The lowest BCUT2D eigenvalue weighted by molar-refractivity contribution is -0.132. The summed E-state index contributed by atoms with van der Waals surface area (Å²) in [7, 11) is 1.52. The summed E-state index contributed by atoms with van der Waals surface area (Å²) in [6.45, 7) is 3.31. The Morgan fingerprint density at radius 2 is 1.78 bits per heavy atom. The Hall–Kier alpha value is -3.91. The van der Waals surface area contributed by atoms with Crippen molar-refractivity contribution in [3.05, 3.63) is 93.5 Å². The summed E-state index contributed by atoms with van der Waals surface area (Å²) in [6, 6.07) is 17.8. The molecule has 1 heterocycles. The Labute approximate surface area is 217 Å². The molecule has 0 bridgehead atoms. The summed E-state index contributed by atoms with van der Waals surface area (Å²) < 4.78 is 11.1. The standard InChI is InChI=1S/C28H24BrNO6/c1-4-17-8-11-20(12-9-17)30-25(18-6-5-7-21(14-18)36-16(2)31)24(27(33)28(30)34)26(32)19-10-13-23(35-3)22(29)15-19/h5-15,25,32H,4H2,1-3H3/b26-24+. The van der Waals surface area contributed by atoms with E-state index in [9.17, 15) is 19.5 Å². The normalized spacial score (nSPS) is 16.8. The molecule has 1 amide bonds. The Bertz CT molecular complexity index is 1380. The molecule has 1 N–H and O–H groups in total. The van der Waals surface area contributed by atoms with Gasteiger partial charge in [-0.05, 0) is 75.9 Å². The molecule has 3 aromatic rings. The molecule has 0 spiro atoms. The van der Waals surface area contributed by atoms with E-state index in [0.717, 1.165) is 12.0 Å². The van der Waals surface area contributed by atoms with Gasteiger partial charge < -0.3 is 14.6 Å². The predicted octanol–water partition coefficient (Wildman–Crippen LogP) is 5.57. The van der Waals surface area contributed by atoms with Gasteiger partial charge >= 0.3 is 5.97 Å². The van der Waals surface area contributed by atoms with Crippen LogP contribution in [0.15, 0.2) is 76.8 Å². The molecule has 1 fully saturated rings. The summed E-state index contributed by atoms with van der Waals surface area (Å²) in [6.07, 6.45) is 0.819. The molecule has 4 rings (SSSR count). The van der Waals surface area contributed by atoms with Crippen LogP contribution in [0.2, 0.25) is 0 Å². The quantitative estimate of drug-likeness (QED) is 0.142. The van der Waals surface area contributed by atoms with Crippen LogP contribution in [0.3, 0.4) is 0 Å². The van der Waals surface area contributed by atoms with Gasteiger partial charge in [-0.1, -0.05) is 31.2 Å². The number of ketones is 1. The Morgan fingerprint density at radius 1 is 1.06 bits per heavy atom. The number of carbonyl (C=O) groups excluding carboxylic acids is 3. The Morgan fingerprint density at radius 3 is 2.39 bits per heavy atom. The highest BCUT2D eigenvalue weighted by Crippen LogP contribution is 2.43. The average Bonchev–Trinajstić information content (AvgIpc) is 3.13. The molecule has 0 saturated carbocycles. The number of carbonyl (C=O) groups is 3. The minimum absolute atomic E-state index is 0.0726. The monoisotopic (exact) mass is 549 g/mol. The number of ether oxygens (including phenoxy) is 2. The molecule has 1 saturated heterocycles. The fourth-order valence-electron chi connectivity index (χ4n) is 4.19. The molecule has 7 nitrogen and oxygen atoms in total. The van der Waals surface area contributed by atoms with Crippen LogP contribution in [0.1, 0.15) is 36.6 Å². The molecule has 1 atom stereocenters. The number of aliphatic hydroxyl groups excluding tert-OH is 1. The lowest BCUT2D eigenvalue weighted by Crippen LogP contribution is -2.29. The van der Waals surface area contributed by atoms with Crippen molar-refractivity contribution >= 4 is 45.0 Å². The number of hydrogen-bond acceptors (Lipinski definition) is 6. The van der Waals surface area contributed by atoms with Gasteiger partial charge in [-0.3, -0.25) is 19.3 Å². The van der Waals surface area contributed by atoms with E-state index in [1.165, 1.54) is 18.9 Å². The lowest BCUT2D eigenvalue weighted by atomic mass is 9.95. The molecule has 1 aliphatic rings. The molecule has 0 aromatic heterocycles. The molecule has 1 unspecified atom stereocenters. The SMILES string of the molecule is CCc1ccc(N2C(=O)C(=O)/C(=C(/O)c3ccc(OC)c(Br)c3)C2c2cccc(OC(C)=O)c2)cc1. The first-order valence-corrected chi connectivity index (χ1v) is 12.1. The van der Waals surface area contributed by atoms with Crippen LogP contribution in [-0.4, -0.2) is 29.9 Å². The van der Waals surface area contributed by atoms with Gasteiger partial charge in [-0.15, -0.1) is 0 Å². The molecule has 184 valence electrons. The van der Waals surface area contributed by atoms with E-state index in [2.05, 4.69) is 15.9 Å². The fraction of sp³-hybridized carbons (Fsp3) is 0.179. The molecule has 3 aromatic carbocycles. The van der Waals surface area contributed by atoms with Gasteiger partial charge in [0.2, 0.25) is 0 Å². The maximum atomic E-state index is 13.4. The number of aryl methyl sites for hydroxylation is 1. The fourth-order valence-corrected chi connectivity index (χ4v) is 4.73. The maximum absolute atomic E-state index is 13.4. The highest BCUT2D eigenvalue weighted by molar-refractivity contribution is 9.10. The Kier molecular flexibility index (Phi) is 7.26. The number of rotatable bonds is 6. The third-order valence-electron chi connectivity index (χ3n) is 5.93. The van der Waals surface area contributed by atoms with Gasteiger partial charge in [-0.25, -0.2) is 0 Å². The first-order chi connectivity index (χ1) is 17.2. The number of benzene rings is 3. The van der Waals surface area contributed by atoms with E-state index in [-0.39, 0.29) is 17.1 Å². The summed E-state index contributed by atoms with van der Waals surface area (Å²) in [4.78, 5) is 39.6. The smallest absolute Gasteiger partial charge is 0.308 e. The zero-order valence-electron chi connectivity index (χ0n) is 19.9. The van der Waals surface area contributed by atoms with Crippen LogP contribution in [-0.2, 0) is 20.8 Å². The topological polar surface area (TPSA) is 93.1 Å². The zero-order chi connectivity index (χ0) is 26.0. The minimum Gasteiger partial charge on any atom is -0.507 e. The van der Waals surface area contributed by atoms with Crippen molar-refractivity contribution < 1.29 is 29.0 Å². The predicted molar refractivity (Wildman–Crippen MR) is 139 cm³/mol. The number of halogens is 1. The second kappa shape index (κ2) is 10.4. The molecule has 0 aliphatic carbocycles. The summed E-state index contributed by atoms with van der Waals surface area (Å²) >= 11 is 3.40. The van der Waals surface area contributed by atoms with Crippen molar-refractivity contribution in [2.24, 2.45) is 0 Å². The Balaban J connectivity index is 1.92. The van der Waals surface area contributed by atoms with E-state index < -0.39 is 23.7 Å². The number of anilines is 1. The summed E-state index contributed by atoms with van der Waals surface area (Å²) in [5.74, 6) is -1.60. The van der Waals surface area contributed by atoms with Gasteiger partial charge in [0.05, 0.1) is 23.2 Å². The second-order valence-corrected chi connectivity index (χ2v) is 9.06. The van der Waals surface area contributed by atoms with Gasteiger partial charge in [0.25, 0.3) is 11.7 Å². The summed E-state index contributed by atoms with van der Waals surface area (Å²) in [5.41, 5.74) is 2.35. The van der Waals surface area contributed by atoms with E-state index in [1.54, 1.807) is 54.6 Å². The largest absolute Gasteiger partial charge is 0.507 e. The third-order valence-corrected chi connectivity index (χ3v) is 6.55. The van der Waals surface area contributed by atoms with Crippen molar-refractivity contribution in [1.29, 1.82) is 0 Å². The van der Waals surface area contributed by atoms with Gasteiger partial charge in [0.1, 0.15) is 17.3 Å². The lowest BCUT2D eigenvalue weighted by Gasteiger charge is -2.26. The van der Waals surface area contributed by atoms with Crippen LogP contribution in [0, 0.1) is 0 Å². The number of Topliss-reactive ketones (excluding diaryl/α,β-unsaturated/α-hetero) is 1. The molecule has 1 aliphatic heterocycles. The van der Waals surface area contributed by atoms with Crippen molar-refractivity contribution in [3.63, 3.8) is 0 Å². The van der Waals surface area contributed by atoms with E-state index in [4.69, 9.17) is 9.47 Å². The highest BCUT2D eigenvalue weighted by Gasteiger charge is 2.47. The first-order valence-electron chi connectivity index (χ1n) is 11.3. The molecule has 36 heavy (non-hydrogen) atoms. The zero-order valence-corrected chi connectivity index (χ0v) is 21.5. The number of esters is 1. The van der Waals surface area contributed by atoms with E-state index in [1.807, 2.05) is 19.1 Å². The minimum atomic E-state index is -0.950. The van der Waals surface area contributed by atoms with Crippen molar-refractivity contribution in [2.75, 3.05) is 12.0 Å².